The van der Waals surface area contributed by atoms with E-state index in [1.807, 2.05) is 27.6 Å². The van der Waals surface area contributed by atoms with Gasteiger partial charge in [-0.1, -0.05) is 0 Å². The maximum absolute atomic E-state index is 8.71. The number of aryl methyl sites for hydroxylation is 2. The summed E-state index contributed by atoms with van der Waals surface area (Å²) in [5.41, 5.74) is 0. The molecule has 2 aromatic heterocycles. The summed E-state index contributed by atoms with van der Waals surface area (Å²) in [7, 11) is 0. The predicted octanol–water partition coefficient (Wildman–Crippen LogP) is 0.651. The first-order valence-electron chi connectivity index (χ1n) is 4.29. The largest absolute Gasteiger partial charge is 0.321 e. The Bertz CT molecular complexity index is 434. The number of hydrogen-bond acceptors (Lipinski definition) is 3. The van der Waals surface area contributed by atoms with Gasteiger partial charge in [0.15, 0.2) is 0 Å². The number of nitriles is 1. The third-order valence-corrected chi connectivity index (χ3v) is 1.94. The van der Waals surface area contributed by atoms with E-state index in [9.17, 15) is 0 Å². The van der Waals surface area contributed by atoms with Crippen molar-refractivity contribution in [2.24, 2.45) is 0 Å². The highest BCUT2D eigenvalue weighted by Gasteiger charge is 2.00. The maximum atomic E-state index is 8.71. The third-order valence-electron chi connectivity index (χ3n) is 1.94. The van der Waals surface area contributed by atoms with Crippen molar-refractivity contribution >= 4 is 0 Å². The lowest BCUT2D eigenvalue weighted by molar-refractivity contribution is 0.530. The highest BCUT2D eigenvalue weighted by molar-refractivity contribution is 5.10. The van der Waals surface area contributed by atoms with Gasteiger partial charge in [0.25, 0.3) is 0 Å². The minimum atomic E-state index is 0.442. The van der Waals surface area contributed by atoms with E-state index in [0.29, 0.717) is 12.4 Å². The second-order valence-electron chi connectivity index (χ2n) is 2.83. The predicted molar refractivity (Wildman–Crippen MR) is 49.2 cm³/mol. The lowest BCUT2D eigenvalue weighted by Gasteiger charge is -2.03. The molecule has 0 unspecified atom stereocenters. The molecule has 70 valence electrons. The van der Waals surface area contributed by atoms with Gasteiger partial charge in [-0.3, -0.25) is 4.68 Å². The van der Waals surface area contributed by atoms with Gasteiger partial charge in [-0.2, -0.15) is 10.4 Å². The molecule has 2 aromatic rings. The van der Waals surface area contributed by atoms with Crippen LogP contribution in [-0.4, -0.2) is 19.3 Å². The fourth-order valence-corrected chi connectivity index (χ4v) is 1.25. The van der Waals surface area contributed by atoms with Crippen molar-refractivity contribution in [3.63, 3.8) is 0 Å². The van der Waals surface area contributed by atoms with Crippen LogP contribution in [0.15, 0.2) is 30.9 Å². The quantitative estimate of drug-likeness (QED) is 0.708. The van der Waals surface area contributed by atoms with Gasteiger partial charge < -0.3 is 4.57 Å². The summed E-state index contributed by atoms with van der Waals surface area (Å²) in [5.74, 6) is 0.442. The van der Waals surface area contributed by atoms with Crippen LogP contribution in [0.3, 0.4) is 0 Å². The van der Waals surface area contributed by atoms with Crippen LogP contribution in [0.25, 0.3) is 0 Å². The Morgan fingerprint density at radius 3 is 2.93 bits per heavy atom. The molecule has 2 rings (SSSR count). The average Bonchev–Trinajstić information content (AvgIpc) is 2.85. The summed E-state index contributed by atoms with van der Waals surface area (Å²) in [6, 6.07) is 3.90. The summed E-state index contributed by atoms with van der Waals surface area (Å²) in [4.78, 5) is 3.91. The molecule has 0 radical (unpaired) electrons. The zero-order valence-electron chi connectivity index (χ0n) is 7.54. The van der Waals surface area contributed by atoms with Crippen LogP contribution in [0.2, 0.25) is 0 Å². The Morgan fingerprint density at radius 2 is 2.21 bits per heavy atom. The molecule has 0 saturated carbocycles. The van der Waals surface area contributed by atoms with E-state index in [4.69, 9.17) is 5.26 Å². The lowest BCUT2D eigenvalue weighted by Crippen LogP contribution is -2.08. The van der Waals surface area contributed by atoms with E-state index in [1.54, 1.807) is 18.6 Å². The molecular weight excluding hydrogens is 178 g/mol. The van der Waals surface area contributed by atoms with Crippen LogP contribution in [-0.2, 0) is 13.1 Å². The van der Waals surface area contributed by atoms with Crippen molar-refractivity contribution in [1.29, 1.82) is 5.26 Å². The summed E-state index contributed by atoms with van der Waals surface area (Å²) < 4.78 is 3.63. The van der Waals surface area contributed by atoms with E-state index >= 15 is 0 Å². The molecule has 0 aliphatic rings. The van der Waals surface area contributed by atoms with Crippen molar-refractivity contribution in [3.8, 4) is 6.07 Å². The van der Waals surface area contributed by atoms with E-state index in [-0.39, 0.29) is 0 Å². The monoisotopic (exact) mass is 187 g/mol. The van der Waals surface area contributed by atoms with Gasteiger partial charge in [-0.05, 0) is 6.07 Å². The summed E-state index contributed by atoms with van der Waals surface area (Å²) in [6.07, 6.45) is 7.05. The SMILES string of the molecule is N#Cc1nccn1CCn1cccn1. The minimum absolute atomic E-state index is 0.442. The second-order valence-corrected chi connectivity index (χ2v) is 2.83. The Labute approximate surface area is 81.2 Å². The standard InChI is InChI=1S/C9H9N5/c10-8-9-11-3-5-13(9)6-7-14-4-1-2-12-14/h1-5H,6-7H2. The van der Waals surface area contributed by atoms with Crippen molar-refractivity contribution in [2.75, 3.05) is 0 Å². The Kier molecular flexibility index (Phi) is 2.28. The van der Waals surface area contributed by atoms with E-state index in [0.717, 1.165) is 6.54 Å². The van der Waals surface area contributed by atoms with Crippen LogP contribution in [0.5, 0.6) is 0 Å². The maximum Gasteiger partial charge on any atom is 0.212 e. The van der Waals surface area contributed by atoms with Crippen molar-refractivity contribution in [2.45, 2.75) is 13.1 Å². The van der Waals surface area contributed by atoms with E-state index in [2.05, 4.69) is 10.1 Å². The van der Waals surface area contributed by atoms with E-state index in [1.165, 1.54) is 0 Å². The third kappa shape index (κ3) is 1.64. The molecule has 0 aliphatic carbocycles. The van der Waals surface area contributed by atoms with E-state index < -0.39 is 0 Å². The molecule has 0 spiro atoms. The van der Waals surface area contributed by atoms with Crippen molar-refractivity contribution in [3.05, 3.63) is 36.7 Å². The van der Waals surface area contributed by atoms with Crippen molar-refractivity contribution < 1.29 is 0 Å². The molecule has 0 bridgehead atoms. The smallest absolute Gasteiger partial charge is 0.212 e. The second kappa shape index (κ2) is 3.75. The number of imidazole rings is 1. The van der Waals surface area contributed by atoms with Gasteiger partial charge in [-0.15, -0.1) is 0 Å². The molecule has 0 N–H and O–H groups in total. The highest BCUT2D eigenvalue weighted by Crippen LogP contribution is 1.96. The molecule has 0 amide bonds. The Morgan fingerprint density at radius 1 is 1.29 bits per heavy atom. The van der Waals surface area contributed by atoms with Gasteiger partial charge in [0.05, 0.1) is 6.54 Å². The number of rotatable bonds is 3. The molecule has 5 heteroatoms. The molecule has 0 aromatic carbocycles. The van der Waals surface area contributed by atoms with Gasteiger partial charge in [0.2, 0.25) is 5.82 Å². The molecule has 5 nitrogen and oxygen atoms in total. The van der Waals surface area contributed by atoms with Crippen molar-refractivity contribution in [1.82, 2.24) is 19.3 Å². The topological polar surface area (TPSA) is 59.4 Å². The first kappa shape index (κ1) is 8.51. The zero-order valence-corrected chi connectivity index (χ0v) is 7.54. The average molecular weight is 187 g/mol. The molecule has 14 heavy (non-hydrogen) atoms. The molecule has 0 fully saturated rings. The van der Waals surface area contributed by atoms with Crippen LogP contribution >= 0.6 is 0 Å². The Hall–Kier alpha value is -2.09. The van der Waals surface area contributed by atoms with Gasteiger partial charge in [0, 0.05) is 31.3 Å². The number of hydrogen-bond donors (Lipinski definition) is 0. The normalized spacial score (nSPS) is 9.93. The minimum Gasteiger partial charge on any atom is -0.321 e. The molecule has 0 aliphatic heterocycles. The fraction of sp³-hybridized carbons (Fsp3) is 0.222. The molecule has 2 heterocycles. The van der Waals surface area contributed by atoms with Crippen LogP contribution in [0.1, 0.15) is 5.82 Å². The summed E-state index contributed by atoms with van der Waals surface area (Å²) >= 11 is 0. The van der Waals surface area contributed by atoms with Gasteiger partial charge >= 0.3 is 0 Å². The molecular formula is C9H9N5. The van der Waals surface area contributed by atoms with Crippen LogP contribution in [0.4, 0.5) is 0 Å². The van der Waals surface area contributed by atoms with Gasteiger partial charge in [0.1, 0.15) is 6.07 Å². The molecule has 0 atom stereocenters. The summed E-state index contributed by atoms with van der Waals surface area (Å²) in [6.45, 7) is 1.46. The van der Waals surface area contributed by atoms with Crippen LogP contribution in [0, 0.1) is 11.3 Å². The zero-order chi connectivity index (χ0) is 9.80. The molecule has 0 saturated heterocycles. The first-order chi connectivity index (χ1) is 6.90. The fourth-order valence-electron chi connectivity index (χ4n) is 1.25. The highest BCUT2D eigenvalue weighted by atomic mass is 15.3. The Balaban J connectivity index is 2.02. The number of aromatic nitrogens is 4. The van der Waals surface area contributed by atoms with Crippen LogP contribution < -0.4 is 0 Å². The summed E-state index contributed by atoms with van der Waals surface area (Å²) in [5, 5.41) is 12.8. The number of nitrogens with zero attached hydrogens (tertiary/aromatic N) is 5. The first-order valence-corrected chi connectivity index (χ1v) is 4.29. The lowest BCUT2D eigenvalue weighted by atomic mass is 10.5. The van der Waals surface area contributed by atoms with Gasteiger partial charge in [-0.25, -0.2) is 4.98 Å².